The van der Waals surface area contributed by atoms with Crippen molar-refractivity contribution >= 4 is 5.97 Å². The number of hydrogen-bond donors (Lipinski definition) is 1. The molecule has 1 atom stereocenters. The third-order valence-electron chi connectivity index (χ3n) is 3.18. The Balaban J connectivity index is 2.19. The van der Waals surface area contributed by atoms with Gasteiger partial charge in [-0.05, 0) is 20.8 Å². The Morgan fingerprint density at radius 3 is 2.95 bits per heavy atom. The van der Waals surface area contributed by atoms with Crippen molar-refractivity contribution in [3.05, 3.63) is 17.5 Å². The fourth-order valence-electron chi connectivity index (χ4n) is 2.35. The number of nitrogens with zero attached hydrogens (tertiary/aromatic N) is 1. The van der Waals surface area contributed by atoms with Gasteiger partial charge >= 0.3 is 5.97 Å². The van der Waals surface area contributed by atoms with Gasteiger partial charge in [0.15, 0.2) is 11.5 Å². The van der Waals surface area contributed by atoms with E-state index < -0.39 is 17.2 Å². The number of carbonyl (C=O) groups is 1. The zero-order valence-electron chi connectivity index (χ0n) is 11.4. The largest absolute Gasteiger partial charge is 0.461 e. The van der Waals surface area contributed by atoms with Crippen LogP contribution in [-0.2, 0) is 15.1 Å². The number of esters is 1. The van der Waals surface area contributed by atoms with Gasteiger partial charge in [0, 0.05) is 18.9 Å². The lowest BCUT2D eigenvalue weighted by Crippen LogP contribution is -2.43. The second kappa shape index (κ2) is 4.94. The summed E-state index contributed by atoms with van der Waals surface area (Å²) in [6, 6.07) is 1.44. The molecule has 1 aromatic rings. The third-order valence-corrected chi connectivity index (χ3v) is 3.18. The van der Waals surface area contributed by atoms with Crippen LogP contribution in [0.4, 0.5) is 0 Å². The van der Waals surface area contributed by atoms with Gasteiger partial charge in [0.05, 0.1) is 18.8 Å². The van der Waals surface area contributed by atoms with Gasteiger partial charge < -0.3 is 19.1 Å². The monoisotopic (exact) mass is 269 g/mol. The molecule has 1 aliphatic rings. The molecule has 0 aliphatic carbocycles. The van der Waals surface area contributed by atoms with Crippen LogP contribution in [0.25, 0.3) is 0 Å². The highest BCUT2D eigenvalue weighted by molar-refractivity contribution is 5.87. The summed E-state index contributed by atoms with van der Waals surface area (Å²) in [5.41, 5.74) is -1.52. The first-order valence-corrected chi connectivity index (χ1v) is 6.37. The second-order valence-electron chi connectivity index (χ2n) is 5.36. The van der Waals surface area contributed by atoms with E-state index in [4.69, 9.17) is 14.0 Å². The molecule has 0 aromatic carbocycles. The highest BCUT2D eigenvalue weighted by Gasteiger charge is 2.43. The predicted molar refractivity (Wildman–Crippen MR) is 65.6 cm³/mol. The summed E-state index contributed by atoms with van der Waals surface area (Å²) >= 11 is 0. The quantitative estimate of drug-likeness (QED) is 0.840. The standard InChI is InChI=1S/C13H19NO5/c1-4-17-11(15)9-7-10(19-14-9)13(16)5-6-18-12(2,3)8-13/h7,16H,4-6,8H2,1-3H3. The van der Waals surface area contributed by atoms with Gasteiger partial charge in [0.25, 0.3) is 0 Å². The Hall–Kier alpha value is -1.40. The van der Waals surface area contributed by atoms with E-state index in [1.54, 1.807) is 6.92 Å². The lowest BCUT2D eigenvalue weighted by Gasteiger charge is -2.39. The number of ether oxygens (including phenoxy) is 2. The van der Waals surface area contributed by atoms with E-state index in [0.717, 1.165) is 0 Å². The maximum Gasteiger partial charge on any atom is 0.360 e. The van der Waals surface area contributed by atoms with Crippen LogP contribution in [0, 0.1) is 0 Å². The van der Waals surface area contributed by atoms with Gasteiger partial charge in [-0.15, -0.1) is 0 Å². The van der Waals surface area contributed by atoms with Crippen molar-refractivity contribution in [3.8, 4) is 0 Å². The van der Waals surface area contributed by atoms with Crippen LogP contribution in [0.1, 0.15) is 49.9 Å². The van der Waals surface area contributed by atoms with Crippen LogP contribution in [0.5, 0.6) is 0 Å². The molecule has 1 fully saturated rings. The zero-order valence-corrected chi connectivity index (χ0v) is 11.4. The zero-order chi connectivity index (χ0) is 14.1. The average molecular weight is 269 g/mol. The molecule has 1 unspecified atom stereocenters. The Labute approximate surface area is 111 Å². The number of rotatable bonds is 3. The van der Waals surface area contributed by atoms with Crippen LogP contribution in [-0.4, -0.2) is 35.0 Å². The molecule has 0 radical (unpaired) electrons. The number of aliphatic hydroxyl groups is 1. The molecule has 2 heterocycles. The van der Waals surface area contributed by atoms with E-state index in [1.807, 2.05) is 13.8 Å². The van der Waals surface area contributed by atoms with Gasteiger partial charge in [-0.25, -0.2) is 4.79 Å². The summed E-state index contributed by atoms with van der Waals surface area (Å²) in [6.07, 6.45) is 0.797. The Morgan fingerprint density at radius 1 is 1.58 bits per heavy atom. The third kappa shape index (κ3) is 2.96. The molecular weight excluding hydrogens is 250 g/mol. The van der Waals surface area contributed by atoms with Crippen molar-refractivity contribution in [2.45, 2.75) is 44.8 Å². The number of hydrogen-bond acceptors (Lipinski definition) is 6. The van der Waals surface area contributed by atoms with E-state index in [9.17, 15) is 9.90 Å². The normalized spacial score (nSPS) is 26.1. The van der Waals surface area contributed by atoms with Crippen molar-refractivity contribution < 1.29 is 23.9 Å². The molecule has 0 bridgehead atoms. The lowest BCUT2D eigenvalue weighted by molar-refractivity contribution is -0.156. The molecule has 0 amide bonds. The topological polar surface area (TPSA) is 81.8 Å². The summed E-state index contributed by atoms with van der Waals surface area (Å²) < 4.78 is 15.5. The molecule has 1 saturated heterocycles. The van der Waals surface area contributed by atoms with Crippen LogP contribution >= 0.6 is 0 Å². The maximum atomic E-state index is 11.5. The molecule has 0 spiro atoms. The van der Waals surface area contributed by atoms with Crippen molar-refractivity contribution in [1.82, 2.24) is 5.16 Å². The molecule has 6 heteroatoms. The predicted octanol–water partition coefficient (Wildman–Crippen LogP) is 1.63. The summed E-state index contributed by atoms with van der Waals surface area (Å²) in [6.45, 7) is 6.22. The molecule has 106 valence electrons. The Bertz CT molecular complexity index is 467. The first kappa shape index (κ1) is 14.0. The average Bonchev–Trinajstić information content (AvgIpc) is 2.77. The first-order chi connectivity index (χ1) is 8.86. The lowest BCUT2D eigenvalue weighted by atomic mass is 9.82. The first-order valence-electron chi connectivity index (χ1n) is 6.37. The number of carbonyl (C=O) groups excluding carboxylic acids is 1. The van der Waals surface area contributed by atoms with Gasteiger partial charge in [0.2, 0.25) is 0 Å². The van der Waals surface area contributed by atoms with Gasteiger partial charge in [-0.2, -0.15) is 0 Å². The molecule has 6 nitrogen and oxygen atoms in total. The summed E-state index contributed by atoms with van der Waals surface area (Å²) in [5, 5.41) is 14.3. The second-order valence-corrected chi connectivity index (χ2v) is 5.36. The van der Waals surface area contributed by atoms with Crippen LogP contribution in [0.2, 0.25) is 0 Å². The molecule has 1 aromatic heterocycles. The van der Waals surface area contributed by atoms with Crippen molar-refractivity contribution in [2.75, 3.05) is 13.2 Å². The molecule has 2 rings (SSSR count). The van der Waals surface area contributed by atoms with Gasteiger partial charge in [0.1, 0.15) is 5.60 Å². The van der Waals surface area contributed by atoms with E-state index in [1.165, 1.54) is 6.07 Å². The van der Waals surface area contributed by atoms with Gasteiger partial charge in [-0.3, -0.25) is 0 Å². The molecular formula is C13H19NO5. The van der Waals surface area contributed by atoms with E-state index >= 15 is 0 Å². The fourth-order valence-corrected chi connectivity index (χ4v) is 2.35. The molecule has 0 saturated carbocycles. The minimum absolute atomic E-state index is 0.0783. The van der Waals surface area contributed by atoms with E-state index in [-0.39, 0.29) is 18.1 Å². The smallest absolute Gasteiger partial charge is 0.360 e. The van der Waals surface area contributed by atoms with Crippen LogP contribution in [0.15, 0.2) is 10.6 Å². The van der Waals surface area contributed by atoms with E-state index in [2.05, 4.69) is 5.16 Å². The highest BCUT2D eigenvalue weighted by Crippen LogP contribution is 2.39. The summed E-state index contributed by atoms with van der Waals surface area (Å²) in [4.78, 5) is 11.5. The van der Waals surface area contributed by atoms with Crippen molar-refractivity contribution in [1.29, 1.82) is 0 Å². The van der Waals surface area contributed by atoms with Gasteiger partial charge in [-0.1, -0.05) is 5.16 Å². The van der Waals surface area contributed by atoms with Crippen molar-refractivity contribution in [2.24, 2.45) is 0 Å². The van der Waals surface area contributed by atoms with Crippen molar-refractivity contribution in [3.63, 3.8) is 0 Å². The molecule has 1 aliphatic heterocycles. The molecule has 1 N–H and O–H groups in total. The fraction of sp³-hybridized carbons (Fsp3) is 0.692. The van der Waals surface area contributed by atoms with E-state index in [0.29, 0.717) is 19.4 Å². The Kier molecular flexibility index (Phi) is 3.64. The summed E-state index contributed by atoms with van der Waals surface area (Å²) in [5.74, 6) is -0.264. The summed E-state index contributed by atoms with van der Waals surface area (Å²) in [7, 11) is 0. The molecule has 19 heavy (non-hydrogen) atoms. The van der Waals surface area contributed by atoms with Crippen LogP contribution < -0.4 is 0 Å². The minimum atomic E-state index is -1.15. The number of aromatic nitrogens is 1. The van der Waals surface area contributed by atoms with Crippen LogP contribution in [0.3, 0.4) is 0 Å². The maximum absolute atomic E-state index is 11.5. The Morgan fingerprint density at radius 2 is 2.32 bits per heavy atom. The minimum Gasteiger partial charge on any atom is -0.461 e. The SMILES string of the molecule is CCOC(=O)c1cc(C2(O)CCOC(C)(C)C2)on1. The highest BCUT2D eigenvalue weighted by atomic mass is 16.5.